The number of rotatable bonds is 8. The standard InChI is InChI=1S/C17H18N2O6/c1-24-13-5-3-11(9-14(13)25-2)17-12(4-6-15(20)21)10-19(18-17)8-7-16(22)23/h3-6,9-10H,7-8H2,1-2H3,(H,20,21)(H,22,23). The molecular weight excluding hydrogens is 328 g/mol. The normalized spacial score (nSPS) is 10.8. The molecule has 1 aromatic carbocycles. The van der Waals surface area contributed by atoms with Crippen molar-refractivity contribution in [1.29, 1.82) is 0 Å². The molecule has 0 aliphatic rings. The van der Waals surface area contributed by atoms with Gasteiger partial charge in [0, 0.05) is 23.4 Å². The van der Waals surface area contributed by atoms with E-state index in [1.807, 2.05) is 0 Å². The van der Waals surface area contributed by atoms with E-state index in [0.717, 1.165) is 6.08 Å². The number of aromatic nitrogens is 2. The summed E-state index contributed by atoms with van der Waals surface area (Å²) in [5.74, 6) is -0.963. The van der Waals surface area contributed by atoms with Gasteiger partial charge in [-0.2, -0.15) is 5.10 Å². The van der Waals surface area contributed by atoms with Crippen molar-refractivity contribution in [3.05, 3.63) is 36.0 Å². The zero-order valence-electron chi connectivity index (χ0n) is 13.8. The fourth-order valence-electron chi connectivity index (χ4n) is 2.25. The first kappa shape index (κ1) is 18.1. The van der Waals surface area contributed by atoms with Crippen molar-refractivity contribution >= 4 is 18.0 Å². The summed E-state index contributed by atoms with van der Waals surface area (Å²) in [4.78, 5) is 21.5. The molecule has 1 heterocycles. The molecule has 8 heteroatoms. The van der Waals surface area contributed by atoms with Crippen LogP contribution in [0.15, 0.2) is 30.5 Å². The first-order chi connectivity index (χ1) is 11.9. The number of methoxy groups -OCH3 is 2. The van der Waals surface area contributed by atoms with Gasteiger partial charge in [0.05, 0.1) is 32.9 Å². The third-order valence-electron chi connectivity index (χ3n) is 3.41. The predicted molar refractivity (Wildman–Crippen MR) is 89.7 cm³/mol. The number of hydrogen-bond donors (Lipinski definition) is 2. The Morgan fingerprint density at radius 1 is 1.20 bits per heavy atom. The van der Waals surface area contributed by atoms with E-state index >= 15 is 0 Å². The number of carbonyl (C=O) groups is 2. The minimum Gasteiger partial charge on any atom is -0.493 e. The SMILES string of the molecule is COc1ccc(-c2nn(CCC(=O)O)cc2C=CC(=O)O)cc1OC. The van der Waals surface area contributed by atoms with Gasteiger partial charge in [0.25, 0.3) is 0 Å². The fourth-order valence-corrected chi connectivity index (χ4v) is 2.25. The fraction of sp³-hybridized carbons (Fsp3) is 0.235. The van der Waals surface area contributed by atoms with Crippen LogP contribution in [0.3, 0.4) is 0 Å². The van der Waals surface area contributed by atoms with Gasteiger partial charge in [-0.15, -0.1) is 0 Å². The third-order valence-corrected chi connectivity index (χ3v) is 3.41. The summed E-state index contributed by atoms with van der Waals surface area (Å²) in [6.07, 6.45) is 3.94. The molecule has 0 aliphatic carbocycles. The van der Waals surface area contributed by atoms with Crippen LogP contribution in [0, 0.1) is 0 Å². The summed E-state index contributed by atoms with van der Waals surface area (Å²) in [7, 11) is 3.04. The number of carboxylic acids is 2. The minimum atomic E-state index is -1.09. The molecule has 2 N–H and O–H groups in total. The van der Waals surface area contributed by atoms with Crippen LogP contribution in [0.1, 0.15) is 12.0 Å². The Hall–Kier alpha value is -3.29. The van der Waals surface area contributed by atoms with Gasteiger partial charge in [0.1, 0.15) is 0 Å². The molecule has 8 nitrogen and oxygen atoms in total. The molecule has 0 bridgehead atoms. The van der Waals surface area contributed by atoms with Crippen LogP contribution < -0.4 is 9.47 Å². The second kappa shape index (κ2) is 8.00. The summed E-state index contributed by atoms with van der Waals surface area (Å²) in [5.41, 5.74) is 1.76. The quantitative estimate of drug-likeness (QED) is 0.704. The molecule has 0 saturated heterocycles. The molecule has 0 radical (unpaired) electrons. The largest absolute Gasteiger partial charge is 0.493 e. The van der Waals surface area contributed by atoms with Gasteiger partial charge in [-0.25, -0.2) is 4.79 Å². The van der Waals surface area contributed by atoms with Gasteiger partial charge < -0.3 is 19.7 Å². The maximum absolute atomic E-state index is 10.8. The number of carboxylic acid groups (broad SMARTS) is 2. The molecule has 2 rings (SSSR count). The van der Waals surface area contributed by atoms with E-state index in [1.54, 1.807) is 24.4 Å². The lowest BCUT2D eigenvalue weighted by Gasteiger charge is -2.09. The number of ether oxygens (including phenoxy) is 2. The molecule has 0 spiro atoms. The summed E-state index contributed by atoms with van der Waals surface area (Å²) in [6.45, 7) is 0.177. The Labute approximate surface area is 143 Å². The molecule has 0 aliphatic heterocycles. The van der Waals surface area contributed by atoms with Crippen LogP contribution in [0.4, 0.5) is 0 Å². The average Bonchev–Trinajstić information content (AvgIpc) is 3.00. The smallest absolute Gasteiger partial charge is 0.328 e. The summed E-state index contributed by atoms with van der Waals surface area (Å²) < 4.78 is 11.9. The van der Waals surface area contributed by atoms with Gasteiger partial charge in [-0.1, -0.05) is 0 Å². The van der Waals surface area contributed by atoms with Crippen LogP contribution in [0.2, 0.25) is 0 Å². The molecule has 0 amide bonds. The highest BCUT2D eigenvalue weighted by molar-refractivity contribution is 5.87. The molecular formula is C17H18N2O6. The molecule has 0 fully saturated rings. The van der Waals surface area contributed by atoms with Gasteiger partial charge in [0.15, 0.2) is 11.5 Å². The lowest BCUT2D eigenvalue weighted by Crippen LogP contribution is -2.04. The lowest BCUT2D eigenvalue weighted by atomic mass is 10.1. The zero-order valence-corrected chi connectivity index (χ0v) is 13.8. The first-order valence-electron chi connectivity index (χ1n) is 7.37. The highest BCUT2D eigenvalue weighted by atomic mass is 16.5. The molecule has 132 valence electrons. The van der Waals surface area contributed by atoms with Crippen LogP contribution in [0.5, 0.6) is 11.5 Å². The maximum atomic E-state index is 10.8. The number of nitrogens with zero attached hydrogens (tertiary/aromatic N) is 2. The highest BCUT2D eigenvalue weighted by Gasteiger charge is 2.13. The van der Waals surface area contributed by atoms with Crippen molar-refractivity contribution in [3.63, 3.8) is 0 Å². The molecule has 0 atom stereocenters. The predicted octanol–water partition coefficient (Wildman–Crippen LogP) is 2.14. The van der Waals surface area contributed by atoms with Crippen molar-refractivity contribution in [3.8, 4) is 22.8 Å². The number of aryl methyl sites for hydroxylation is 1. The average molecular weight is 346 g/mol. The zero-order chi connectivity index (χ0) is 18.4. The second-order valence-electron chi connectivity index (χ2n) is 5.08. The van der Waals surface area contributed by atoms with Gasteiger partial charge >= 0.3 is 11.9 Å². The summed E-state index contributed by atoms with van der Waals surface area (Å²) >= 11 is 0. The Kier molecular flexibility index (Phi) is 5.78. The van der Waals surface area contributed by atoms with E-state index in [1.165, 1.54) is 25.0 Å². The van der Waals surface area contributed by atoms with Crippen molar-refractivity contribution in [2.24, 2.45) is 0 Å². The summed E-state index contributed by atoms with van der Waals surface area (Å²) in [5, 5.41) is 22.0. The van der Waals surface area contributed by atoms with Crippen LogP contribution in [0.25, 0.3) is 17.3 Å². The monoisotopic (exact) mass is 346 g/mol. The molecule has 0 unspecified atom stereocenters. The van der Waals surface area contributed by atoms with Crippen molar-refractivity contribution < 1.29 is 29.3 Å². The van der Waals surface area contributed by atoms with E-state index in [0.29, 0.717) is 28.3 Å². The lowest BCUT2D eigenvalue weighted by molar-refractivity contribution is -0.137. The maximum Gasteiger partial charge on any atom is 0.328 e. The Morgan fingerprint density at radius 2 is 1.92 bits per heavy atom. The van der Waals surface area contributed by atoms with Crippen molar-refractivity contribution in [1.82, 2.24) is 9.78 Å². The number of benzene rings is 1. The Bertz CT molecular complexity index is 809. The van der Waals surface area contributed by atoms with E-state index < -0.39 is 11.9 Å². The van der Waals surface area contributed by atoms with Crippen molar-refractivity contribution in [2.75, 3.05) is 14.2 Å². The van der Waals surface area contributed by atoms with Crippen LogP contribution in [-0.2, 0) is 16.1 Å². The number of hydrogen-bond acceptors (Lipinski definition) is 5. The van der Waals surface area contributed by atoms with Crippen LogP contribution in [-0.4, -0.2) is 46.2 Å². The van der Waals surface area contributed by atoms with Gasteiger partial charge in [0.2, 0.25) is 0 Å². The number of aliphatic carboxylic acids is 2. The van der Waals surface area contributed by atoms with Gasteiger partial charge in [-0.05, 0) is 24.3 Å². The van der Waals surface area contributed by atoms with E-state index in [4.69, 9.17) is 19.7 Å². The van der Waals surface area contributed by atoms with E-state index in [9.17, 15) is 9.59 Å². The minimum absolute atomic E-state index is 0.0882. The summed E-state index contributed by atoms with van der Waals surface area (Å²) in [6, 6.07) is 5.21. The van der Waals surface area contributed by atoms with E-state index in [-0.39, 0.29) is 13.0 Å². The Balaban J connectivity index is 2.46. The van der Waals surface area contributed by atoms with Gasteiger partial charge in [-0.3, -0.25) is 9.48 Å². The highest BCUT2D eigenvalue weighted by Crippen LogP contribution is 2.33. The Morgan fingerprint density at radius 3 is 2.52 bits per heavy atom. The molecule has 25 heavy (non-hydrogen) atoms. The molecule has 2 aromatic rings. The van der Waals surface area contributed by atoms with Crippen LogP contribution >= 0.6 is 0 Å². The van der Waals surface area contributed by atoms with E-state index in [2.05, 4.69) is 5.10 Å². The third kappa shape index (κ3) is 4.60. The molecule has 0 saturated carbocycles. The molecule has 1 aromatic heterocycles. The topological polar surface area (TPSA) is 111 Å². The first-order valence-corrected chi connectivity index (χ1v) is 7.37. The van der Waals surface area contributed by atoms with Crippen molar-refractivity contribution in [2.45, 2.75) is 13.0 Å². The second-order valence-corrected chi connectivity index (χ2v) is 5.08.